The molecule has 0 aromatic carbocycles. The van der Waals surface area contributed by atoms with Crippen LogP contribution in [0.15, 0.2) is 0 Å². The molecule has 0 fully saturated rings. The molecule has 0 rings (SSSR count). The predicted molar refractivity (Wildman–Crippen MR) is 52.0 cm³/mol. The fourth-order valence-corrected chi connectivity index (χ4v) is 1.70. The Balaban J connectivity index is 4.57. The Kier molecular flexibility index (Phi) is 4.78. The molecule has 0 saturated heterocycles. The summed E-state index contributed by atoms with van der Waals surface area (Å²) in [5.41, 5.74) is 0. The van der Waals surface area contributed by atoms with Crippen LogP contribution in [0.5, 0.6) is 0 Å². The highest BCUT2D eigenvalue weighted by atomic mass is 31.2. The summed E-state index contributed by atoms with van der Waals surface area (Å²) in [6.45, 7) is 4.90. The molecular weight excluding hydrogens is 207 g/mol. The second-order valence-corrected chi connectivity index (χ2v) is 5.54. The lowest BCUT2D eigenvalue weighted by Gasteiger charge is -2.27. The zero-order chi connectivity index (χ0) is 11.4. The van der Waals surface area contributed by atoms with Gasteiger partial charge in [0.2, 0.25) is 0 Å². The van der Waals surface area contributed by atoms with Gasteiger partial charge in [0, 0.05) is 0 Å². The van der Waals surface area contributed by atoms with E-state index in [0.717, 1.165) is 0 Å². The number of carbonyl (C=O) groups excluding carboxylic acids is 1. The summed E-state index contributed by atoms with van der Waals surface area (Å²) in [6, 6.07) is 0. The molecule has 0 radical (unpaired) electrons. The van der Waals surface area contributed by atoms with E-state index in [9.17, 15) is 9.36 Å². The van der Waals surface area contributed by atoms with Crippen LogP contribution >= 0.6 is 7.60 Å². The van der Waals surface area contributed by atoms with Crippen LogP contribution in [-0.2, 0) is 14.1 Å². The first-order valence-electron chi connectivity index (χ1n) is 4.48. The predicted octanol–water partition coefficient (Wildman–Crippen LogP) is 1.29. The van der Waals surface area contributed by atoms with Crippen molar-refractivity contribution in [3.8, 4) is 0 Å². The standard InChI is InChI=1S/C8H17O5P/c1-4-8(3,14(10,11)12)6-7(9)13-5-2/h4-6H2,1-3H3,(H2,10,11,12). The van der Waals surface area contributed by atoms with Crippen molar-refractivity contribution in [2.24, 2.45) is 0 Å². The molecular formula is C8H17O5P. The van der Waals surface area contributed by atoms with Crippen molar-refractivity contribution in [3.05, 3.63) is 0 Å². The van der Waals surface area contributed by atoms with Crippen molar-refractivity contribution < 1.29 is 23.9 Å². The molecule has 0 aromatic rings. The third-order valence-electron chi connectivity index (χ3n) is 2.30. The molecule has 14 heavy (non-hydrogen) atoms. The molecule has 1 unspecified atom stereocenters. The van der Waals surface area contributed by atoms with Crippen LogP contribution in [0, 0.1) is 0 Å². The largest absolute Gasteiger partial charge is 0.466 e. The minimum absolute atomic E-state index is 0.222. The van der Waals surface area contributed by atoms with Gasteiger partial charge in [-0.2, -0.15) is 0 Å². The van der Waals surface area contributed by atoms with E-state index < -0.39 is 18.7 Å². The second-order valence-electron chi connectivity index (χ2n) is 3.38. The summed E-state index contributed by atoms with van der Waals surface area (Å²) in [5, 5.41) is -1.31. The Morgan fingerprint density at radius 2 is 1.93 bits per heavy atom. The van der Waals surface area contributed by atoms with Gasteiger partial charge in [-0.25, -0.2) is 0 Å². The van der Waals surface area contributed by atoms with E-state index in [1.54, 1.807) is 13.8 Å². The lowest BCUT2D eigenvalue weighted by Crippen LogP contribution is -2.28. The molecule has 0 heterocycles. The maximum Gasteiger partial charge on any atom is 0.331 e. The van der Waals surface area contributed by atoms with Crippen LogP contribution in [-0.4, -0.2) is 27.5 Å². The van der Waals surface area contributed by atoms with E-state index in [1.165, 1.54) is 6.92 Å². The second kappa shape index (κ2) is 4.91. The average Bonchev–Trinajstić information content (AvgIpc) is 2.02. The molecule has 0 aromatic heterocycles. The third kappa shape index (κ3) is 3.40. The molecule has 5 nitrogen and oxygen atoms in total. The summed E-state index contributed by atoms with van der Waals surface area (Å²) in [7, 11) is -4.27. The highest BCUT2D eigenvalue weighted by Gasteiger charge is 2.42. The molecule has 0 saturated carbocycles. The number of ether oxygens (including phenoxy) is 1. The zero-order valence-corrected chi connectivity index (χ0v) is 9.58. The van der Waals surface area contributed by atoms with Gasteiger partial charge >= 0.3 is 13.6 Å². The number of carbonyl (C=O) groups is 1. The third-order valence-corrected chi connectivity index (χ3v) is 4.18. The van der Waals surface area contributed by atoms with E-state index in [-0.39, 0.29) is 19.4 Å². The van der Waals surface area contributed by atoms with E-state index in [1.807, 2.05) is 0 Å². The molecule has 0 aliphatic carbocycles. The Morgan fingerprint density at radius 1 is 1.43 bits per heavy atom. The van der Waals surface area contributed by atoms with Gasteiger partial charge in [-0.05, 0) is 20.3 Å². The van der Waals surface area contributed by atoms with Gasteiger partial charge < -0.3 is 14.5 Å². The van der Waals surface area contributed by atoms with Gasteiger partial charge in [-0.3, -0.25) is 9.36 Å². The molecule has 0 spiro atoms. The Bertz CT molecular complexity index is 246. The summed E-state index contributed by atoms with van der Waals surface area (Å²) < 4.78 is 15.8. The lowest BCUT2D eigenvalue weighted by molar-refractivity contribution is -0.143. The fourth-order valence-electron chi connectivity index (χ4n) is 0.957. The highest BCUT2D eigenvalue weighted by molar-refractivity contribution is 7.53. The van der Waals surface area contributed by atoms with Crippen molar-refractivity contribution >= 4 is 13.6 Å². The topological polar surface area (TPSA) is 83.8 Å². The first-order chi connectivity index (χ1) is 6.27. The summed E-state index contributed by atoms with van der Waals surface area (Å²) in [6.07, 6.45) is -0.0162. The minimum atomic E-state index is -4.27. The number of hydrogen-bond acceptors (Lipinski definition) is 3. The Labute approximate surface area is 83.6 Å². The van der Waals surface area contributed by atoms with Crippen molar-refractivity contribution in [1.82, 2.24) is 0 Å². The molecule has 0 aliphatic heterocycles. The molecule has 0 aliphatic rings. The van der Waals surface area contributed by atoms with Crippen molar-refractivity contribution in [2.45, 2.75) is 38.8 Å². The molecule has 1 atom stereocenters. The normalized spacial score (nSPS) is 16.1. The van der Waals surface area contributed by atoms with Gasteiger partial charge in [0.05, 0.1) is 18.2 Å². The molecule has 6 heteroatoms. The van der Waals surface area contributed by atoms with E-state index in [0.29, 0.717) is 0 Å². The van der Waals surface area contributed by atoms with Crippen LogP contribution in [0.2, 0.25) is 0 Å². The monoisotopic (exact) mass is 224 g/mol. The summed E-state index contributed by atoms with van der Waals surface area (Å²) >= 11 is 0. The van der Waals surface area contributed by atoms with Crippen molar-refractivity contribution in [3.63, 3.8) is 0 Å². The Hall–Kier alpha value is -0.380. The van der Waals surface area contributed by atoms with Crippen LogP contribution < -0.4 is 0 Å². The van der Waals surface area contributed by atoms with Crippen LogP contribution in [0.3, 0.4) is 0 Å². The average molecular weight is 224 g/mol. The van der Waals surface area contributed by atoms with E-state index >= 15 is 0 Å². The summed E-state index contributed by atoms with van der Waals surface area (Å²) in [5.74, 6) is -0.569. The first kappa shape index (κ1) is 13.6. The molecule has 0 bridgehead atoms. The summed E-state index contributed by atoms with van der Waals surface area (Å²) in [4.78, 5) is 29.2. The van der Waals surface area contributed by atoms with Gasteiger partial charge in [-0.1, -0.05) is 6.92 Å². The van der Waals surface area contributed by atoms with E-state index in [2.05, 4.69) is 4.74 Å². The van der Waals surface area contributed by atoms with E-state index in [4.69, 9.17) is 9.79 Å². The maximum atomic E-state index is 11.1. The fraction of sp³-hybridized carbons (Fsp3) is 0.875. The Morgan fingerprint density at radius 3 is 2.21 bits per heavy atom. The lowest BCUT2D eigenvalue weighted by atomic mass is 10.0. The number of hydrogen-bond donors (Lipinski definition) is 2. The highest BCUT2D eigenvalue weighted by Crippen LogP contribution is 2.54. The van der Waals surface area contributed by atoms with Crippen LogP contribution in [0.25, 0.3) is 0 Å². The first-order valence-corrected chi connectivity index (χ1v) is 6.09. The smallest absolute Gasteiger partial charge is 0.331 e. The molecule has 2 N–H and O–H groups in total. The molecule has 84 valence electrons. The van der Waals surface area contributed by atoms with Crippen molar-refractivity contribution in [2.75, 3.05) is 6.61 Å². The minimum Gasteiger partial charge on any atom is -0.466 e. The zero-order valence-electron chi connectivity index (χ0n) is 8.69. The van der Waals surface area contributed by atoms with Crippen LogP contribution in [0.1, 0.15) is 33.6 Å². The van der Waals surface area contributed by atoms with Gasteiger partial charge in [0.15, 0.2) is 0 Å². The number of esters is 1. The maximum absolute atomic E-state index is 11.1. The quantitative estimate of drug-likeness (QED) is 0.543. The van der Waals surface area contributed by atoms with Gasteiger partial charge in [0.1, 0.15) is 0 Å². The van der Waals surface area contributed by atoms with Gasteiger partial charge in [0.25, 0.3) is 0 Å². The van der Waals surface area contributed by atoms with Crippen LogP contribution in [0.4, 0.5) is 0 Å². The van der Waals surface area contributed by atoms with Gasteiger partial charge in [-0.15, -0.1) is 0 Å². The SMILES string of the molecule is CCOC(=O)CC(C)(CC)P(=O)(O)O. The van der Waals surface area contributed by atoms with Crippen molar-refractivity contribution in [1.29, 1.82) is 0 Å². The number of rotatable bonds is 5. The molecule has 0 amide bonds.